The van der Waals surface area contributed by atoms with Gasteiger partial charge in [-0.2, -0.15) is 0 Å². The lowest BCUT2D eigenvalue weighted by molar-refractivity contribution is -0.155. The predicted molar refractivity (Wildman–Crippen MR) is 93.0 cm³/mol. The quantitative estimate of drug-likeness (QED) is 0.871. The molecule has 24 heavy (non-hydrogen) atoms. The number of piperidine rings is 3. The van der Waals surface area contributed by atoms with Gasteiger partial charge in [-0.1, -0.05) is 12.1 Å². The zero-order valence-electron chi connectivity index (χ0n) is 13.1. The maximum atomic E-state index is 11.6. The number of nitrogens with zero attached hydrogens (tertiary/aromatic N) is 2. The third-order valence-electron chi connectivity index (χ3n) is 5.34. The van der Waals surface area contributed by atoms with E-state index in [0.29, 0.717) is 11.5 Å². The Morgan fingerprint density at radius 2 is 2.25 bits per heavy atom. The van der Waals surface area contributed by atoms with Crippen LogP contribution < -0.4 is 11.2 Å². The van der Waals surface area contributed by atoms with E-state index in [0.717, 1.165) is 53.3 Å². The van der Waals surface area contributed by atoms with E-state index >= 15 is 0 Å². The highest BCUT2D eigenvalue weighted by Gasteiger charge is 2.51. The summed E-state index contributed by atoms with van der Waals surface area (Å²) in [5.74, 6) is 0.837. The number of nitrogens with two attached hydrogens (primary N) is 1. The smallest absolute Gasteiger partial charge is 0.250 e. The summed E-state index contributed by atoms with van der Waals surface area (Å²) >= 11 is 1.53. The van der Waals surface area contributed by atoms with Crippen LogP contribution in [-0.2, 0) is 4.84 Å². The molecule has 3 fully saturated rings. The van der Waals surface area contributed by atoms with Crippen LogP contribution in [0.15, 0.2) is 29.3 Å². The van der Waals surface area contributed by atoms with Crippen LogP contribution in [0.25, 0.3) is 10.1 Å². The van der Waals surface area contributed by atoms with Crippen LogP contribution in [0.3, 0.4) is 0 Å². The van der Waals surface area contributed by atoms with Gasteiger partial charge in [0.2, 0.25) is 11.6 Å². The third-order valence-corrected chi connectivity index (χ3v) is 6.53. The van der Waals surface area contributed by atoms with Gasteiger partial charge >= 0.3 is 0 Å². The first-order valence-electron chi connectivity index (χ1n) is 8.24. The molecule has 1 spiro atoms. The molecule has 6 nitrogen and oxygen atoms in total. The number of aliphatic imine (C=N–C) groups is 1. The molecule has 4 aliphatic heterocycles. The highest BCUT2D eigenvalue weighted by molar-refractivity contribution is 7.21. The minimum atomic E-state index is -0.450. The molecular weight excluding hydrogens is 324 g/mol. The number of thiophene rings is 1. The summed E-state index contributed by atoms with van der Waals surface area (Å²) in [5, 5.41) is 1.01. The molecule has 3 N–H and O–H groups in total. The monoisotopic (exact) mass is 342 g/mol. The van der Waals surface area contributed by atoms with Crippen molar-refractivity contribution in [2.45, 2.75) is 18.6 Å². The van der Waals surface area contributed by atoms with E-state index in [1.54, 1.807) is 6.07 Å². The Morgan fingerprint density at radius 3 is 2.96 bits per heavy atom. The first-order chi connectivity index (χ1) is 11.6. The SMILES string of the molecule is NC(=O)c1cccc2cc(C3=N[C@]4(CN5CCC4CC5)ON3)sc12. The highest BCUT2D eigenvalue weighted by Crippen LogP contribution is 2.41. The van der Waals surface area contributed by atoms with Crippen molar-refractivity contribution < 1.29 is 9.63 Å². The van der Waals surface area contributed by atoms with Crippen LogP contribution in [0.4, 0.5) is 0 Å². The molecule has 2 aromatic rings. The number of carbonyl (C=O) groups is 1. The van der Waals surface area contributed by atoms with Crippen molar-refractivity contribution >= 4 is 33.2 Å². The van der Waals surface area contributed by atoms with E-state index in [1.807, 2.05) is 18.2 Å². The Hall–Kier alpha value is -1.96. The molecule has 1 aromatic carbocycles. The summed E-state index contributed by atoms with van der Waals surface area (Å²) in [4.78, 5) is 25.9. The fraction of sp³-hybridized carbons (Fsp3) is 0.412. The summed E-state index contributed by atoms with van der Waals surface area (Å²) < 4.78 is 0.902. The topological polar surface area (TPSA) is 80.0 Å². The Bertz CT molecular complexity index is 869. The van der Waals surface area contributed by atoms with E-state index in [-0.39, 0.29) is 0 Å². The Morgan fingerprint density at radius 1 is 1.42 bits per heavy atom. The number of primary amides is 1. The molecule has 1 amide bonds. The van der Waals surface area contributed by atoms with Crippen LogP contribution in [0.2, 0.25) is 0 Å². The van der Waals surface area contributed by atoms with Crippen LogP contribution >= 0.6 is 11.3 Å². The van der Waals surface area contributed by atoms with Crippen molar-refractivity contribution in [3.8, 4) is 0 Å². The van der Waals surface area contributed by atoms with Crippen LogP contribution in [0.1, 0.15) is 28.1 Å². The van der Waals surface area contributed by atoms with Crippen molar-refractivity contribution in [3.63, 3.8) is 0 Å². The van der Waals surface area contributed by atoms with Gasteiger partial charge in [-0.25, -0.2) is 15.3 Å². The average Bonchev–Trinajstić information content (AvgIpc) is 3.20. The van der Waals surface area contributed by atoms with Gasteiger partial charge in [0.05, 0.1) is 17.0 Å². The third kappa shape index (κ3) is 2.02. The van der Waals surface area contributed by atoms with Crippen molar-refractivity contribution in [1.29, 1.82) is 0 Å². The first-order valence-corrected chi connectivity index (χ1v) is 9.05. The molecule has 0 saturated carbocycles. The van der Waals surface area contributed by atoms with Crippen LogP contribution in [-0.4, -0.2) is 42.0 Å². The van der Waals surface area contributed by atoms with Crippen molar-refractivity contribution in [1.82, 2.24) is 10.4 Å². The second kappa shape index (κ2) is 5.02. The van der Waals surface area contributed by atoms with E-state index in [1.165, 1.54) is 11.3 Å². The predicted octanol–water partition coefficient (Wildman–Crippen LogP) is 1.70. The van der Waals surface area contributed by atoms with Crippen LogP contribution in [0, 0.1) is 5.92 Å². The molecule has 7 heteroatoms. The summed E-state index contributed by atoms with van der Waals surface area (Å²) in [6.07, 6.45) is 2.27. The Kier molecular flexibility index (Phi) is 3.01. The van der Waals surface area contributed by atoms with E-state index in [9.17, 15) is 4.79 Å². The molecule has 3 saturated heterocycles. The maximum absolute atomic E-state index is 11.6. The lowest BCUT2D eigenvalue weighted by Gasteiger charge is -2.47. The summed E-state index contributed by atoms with van der Waals surface area (Å²) in [6, 6.07) is 7.65. The maximum Gasteiger partial charge on any atom is 0.250 e. The lowest BCUT2D eigenvalue weighted by Crippen LogP contribution is -2.58. The van der Waals surface area contributed by atoms with Crippen molar-refractivity contribution in [2.24, 2.45) is 16.6 Å². The zero-order chi connectivity index (χ0) is 16.3. The summed E-state index contributed by atoms with van der Waals surface area (Å²) in [6.45, 7) is 3.14. The number of amides is 1. The molecule has 0 unspecified atom stereocenters. The second-order valence-corrected chi connectivity index (χ2v) is 7.81. The lowest BCUT2D eigenvalue weighted by atomic mass is 9.81. The molecule has 1 aromatic heterocycles. The molecule has 0 radical (unpaired) electrons. The number of hydrogen-bond donors (Lipinski definition) is 2. The van der Waals surface area contributed by atoms with E-state index in [2.05, 4.69) is 10.4 Å². The highest BCUT2D eigenvalue weighted by atomic mass is 32.1. The number of hydrogen-bond acceptors (Lipinski definition) is 6. The minimum Gasteiger partial charge on any atom is -0.366 e. The van der Waals surface area contributed by atoms with E-state index in [4.69, 9.17) is 15.6 Å². The van der Waals surface area contributed by atoms with Gasteiger partial charge in [0, 0.05) is 10.6 Å². The first kappa shape index (κ1) is 14.4. The molecule has 2 bridgehead atoms. The number of carbonyl (C=O) groups excluding carboxylic acids is 1. The number of benzene rings is 1. The van der Waals surface area contributed by atoms with Crippen molar-refractivity contribution in [3.05, 3.63) is 34.7 Å². The largest absolute Gasteiger partial charge is 0.366 e. The summed E-state index contributed by atoms with van der Waals surface area (Å²) in [7, 11) is 0. The molecule has 0 aliphatic carbocycles. The Balaban J connectivity index is 1.55. The number of nitrogens with one attached hydrogen (secondary N) is 1. The van der Waals surface area contributed by atoms with Gasteiger partial charge in [-0.05, 0) is 43.5 Å². The van der Waals surface area contributed by atoms with Gasteiger partial charge in [-0.3, -0.25) is 9.69 Å². The fourth-order valence-electron chi connectivity index (χ4n) is 4.08. The number of rotatable bonds is 2. The normalized spacial score (nSPS) is 31.4. The minimum absolute atomic E-state index is 0.402. The molecule has 6 rings (SSSR count). The Labute approximate surface area is 143 Å². The summed E-state index contributed by atoms with van der Waals surface area (Å²) in [5.41, 5.74) is 8.64. The van der Waals surface area contributed by atoms with Gasteiger partial charge in [0.25, 0.3) is 0 Å². The molecule has 124 valence electrons. The van der Waals surface area contributed by atoms with Crippen molar-refractivity contribution in [2.75, 3.05) is 19.6 Å². The van der Waals surface area contributed by atoms with Gasteiger partial charge in [0.1, 0.15) is 0 Å². The molecule has 4 aliphatic rings. The van der Waals surface area contributed by atoms with Gasteiger partial charge in [0.15, 0.2) is 5.84 Å². The standard InChI is InChI=1S/C17H18N4O2S/c18-15(22)12-3-1-2-10-8-13(24-14(10)12)16-19-17(23-20-16)9-21-6-4-11(17)5-7-21/h1-3,8,11H,4-7,9H2,(H2,18,22)(H,19,20)/t17-/m1/s1. The van der Waals surface area contributed by atoms with Gasteiger partial charge in [-0.15, -0.1) is 11.3 Å². The average molecular weight is 342 g/mol. The fourth-order valence-corrected chi connectivity index (χ4v) is 5.20. The number of fused-ring (bicyclic) bond motifs is 3. The molecule has 1 atom stereocenters. The molecular formula is C17H18N4O2S. The van der Waals surface area contributed by atoms with E-state index < -0.39 is 11.6 Å². The van der Waals surface area contributed by atoms with Crippen LogP contribution in [0.5, 0.6) is 0 Å². The number of amidine groups is 1. The molecule has 5 heterocycles. The van der Waals surface area contributed by atoms with Gasteiger partial charge < -0.3 is 5.73 Å². The second-order valence-electron chi connectivity index (χ2n) is 6.76. The number of hydroxylamine groups is 1. The zero-order valence-corrected chi connectivity index (χ0v) is 13.9.